The highest BCUT2D eigenvalue weighted by molar-refractivity contribution is 6.03. The second-order valence-electron chi connectivity index (χ2n) is 7.01. The van der Waals surface area contributed by atoms with Gasteiger partial charge in [-0.25, -0.2) is 0 Å². The van der Waals surface area contributed by atoms with Gasteiger partial charge in [0, 0.05) is 12.5 Å². The van der Waals surface area contributed by atoms with Crippen LogP contribution in [-0.4, -0.2) is 30.9 Å². The van der Waals surface area contributed by atoms with E-state index in [9.17, 15) is 9.59 Å². The summed E-state index contributed by atoms with van der Waals surface area (Å²) in [6.07, 6.45) is 2.83. The molecule has 0 saturated carbocycles. The van der Waals surface area contributed by atoms with Crippen LogP contribution < -0.4 is 16.0 Å². The van der Waals surface area contributed by atoms with Crippen molar-refractivity contribution in [2.24, 2.45) is 11.8 Å². The highest BCUT2D eigenvalue weighted by Crippen LogP contribution is 2.23. The quantitative estimate of drug-likeness (QED) is 0.723. The topological polar surface area (TPSA) is 70.2 Å². The molecule has 1 aromatic rings. The Hall–Kier alpha value is -1.59. The summed E-state index contributed by atoms with van der Waals surface area (Å²) in [7, 11) is 0. The molecule has 5 nitrogen and oxygen atoms in total. The van der Waals surface area contributed by atoms with Gasteiger partial charge < -0.3 is 16.0 Å². The second-order valence-corrected chi connectivity index (χ2v) is 7.01. The maximum atomic E-state index is 12.4. The van der Waals surface area contributed by atoms with Crippen molar-refractivity contribution in [3.05, 3.63) is 29.8 Å². The molecule has 2 amide bonds. The van der Waals surface area contributed by atoms with Crippen LogP contribution in [-0.2, 0) is 4.79 Å². The fourth-order valence-electron chi connectivity index (χ4n) is 3.15. The van der Waals surface area contributed by atoms with Gasteiger partial charge in [0.15, 0.2) is 0 Å². The number of piperidine rings is 1. The maximum Gasteiger partial charge on any atom is 0.253 e. The number of amides is 2. The number of nitrogens with one attached hydrogen (secondary N) is 3. The average Bonchev–Trinajstić information content (AvgIpc) is 2.55. The molecule has 2 unspecified atom stereocenters. The van der Waals surface area contributed by atoms with Crippen molar-refractivity contribution in [1.82, 2.24) is 10.6 Å². The van der Waals surface area contributed by atoms with E-state index in [2.05, 4.69) is 22.9 Å². The largest absolute Gasteiger partial charge is 0.350 e. The Bertz CT molecular complexity index is 572. The van der Waals surface area contributed by atoms with Gasteiger partial charge in [0.05, 0.1) is 11.3 Å². The Morgan fingerprint density at radius 2 is 1.96 bits per heavy atom. The molecule has 0 bridgehead atoms. The van der Waals surface area contributed by atoms with Gasteiger partial charge in [-0.1, -0.05) is 19.1 Å². The van der Waals surface area contributed by atoms with Crippen LogP contribution in [0.2, 0.25) is 0 Å². The van der Waals surface area contributed by atoms with Gasteiger partial charge in [0.2, 0.25) is 5.91 Å². The number of para-hydroxylation sites is 1. The molecule has 6 heteroatoms. The van der Waals surface area contributed by atoms with Crippen molar-refractivity contribution < 1.29 is 9.59 Å². The van der Waals surface area contributed by atoms with Crippen molar-refractivity contribution in [3.8, 4) is 0 Å². The molecule has 1 aromatic carbocycles. The summed E-state index contributed by atoms with van der Waals surface area (Å²) < 4.78 is 0. The van der Waals surface area contributed by atoms with Crippen molar-refractivity contribution in [1.29, 1.82) is 0 Å². The summed E-state index contributed by atoms with van der Waals surface area (Å²) in [6.45, 7) is 8.03. The van der Waals surface area contributed by atoms with Gasteiger partial charge >= 0.3 is 0 Å². The first-order valence-corrected chi connectivity index (χ1v) is 8.88. The minimum atomic E-state index is -0.162. The maximum absolute atomic E-state index is 12.4. The molecule has 1 heterocycles. The first kappa shape index (κ1) is 21.5. The van der Waals surface area contributed by atoms with Gasteiger partial charge in [-0.15, -0.1) is 12.4 Å². The van der Waals surface area contributed by atoms with Crippen LogP contribution in [0.1, 0.15) is 50.4 Å². The zero-order valence-electron chi connectivity index (χ0n) is 15.3. The second kappa shape index (κ2) is 10.4. The molecular weight excluding hydrogens is 338 g/mol. The van der Waals surface area contributed by atoms with E-state index in [1.807, 2.05) is 19.9 Å². The minimum Gasteiger partial charge on any atom is -0.350 e. The molecule has 1 aliphatic rings. The Labute approximate surface area is 156 Å². The van der Waals surface area contributed by atoms with Gasteiger partial charge in [-0.3, -0.25) is 9.59 Å². The summed E-state index contributed by atoms with van der Waals surface area (Å²) >= 11 is 0. The molecule has 0 aliphatic carbocycles. The highest BCUT2D eigenvalue weighted by Gasteiger charge is 2.22. The Morgan fingerprint density at radius 1 is 1.24 bits per heavy atom. The Balaban J connectivity index is 0.00000312. The monoisotopic (exact) mass is 367 g/mol. The predicted molar refractivity (Wildman–Crippen MR) is 104 cm³/mol. The molecule has 0 aromatic heterocycles. The number of hydrogen-bond acceptors (Lipinski definition) is 3. The molecule has 140 valence electrons. The number of carbonyl (C=O) groups is 2. The van der Waals surface area contributed by atoms with Gasteiger partial charge in [-0.2, -0.15) is 0 Å². The zero-order chi connectivity index (χ0) is 17.5. The van der Waals surface area contributed by atoms with Crippen LogP contribution in [0.4, 0.5) is 5.69 Å². The van der Waals surface area contributed by atoms with Crippen molar-refractivity contribution in [2.45, 2.75) is 46.1 Å². The molecule has 1 aliphatic heterocycles. The van der Waals surface area contributed by atoms with Crippen LogP contribution in [0.5, 0.6) is 0 Å². The Kier molecular flexibility index (Phi) is 8.93. The summed E-state index contributed by atoms with van der Waals surface area (Å²) in [5.74, 6) is 0.682. The molecule has 0 spiro atoms. The van der Waals surface area contributed by atoms with E-state index >= 15 is 0 Å². The minimum absolute atomic E-state index is 0. The summed E-state index contributed by atoms with van der Waals surface area (Å²) in [6, 6.07) is 7.21. The lowest BCUT2D eigenvalue weighted by atomic mass is 9.85. The normalized spacial score (nSPS) is 18.2. The SMILES string of the molecule is CC(C)NC(=O)c1ccccc1NC(=O)CC(C)C1CCCNC1.Cl. The lowest BCUT2D eigenvalue weighted by Gasteiger charge is -2.28. The fourth-order valence-corrected chi connectivity index (χ4v) is 3.15. The van der Waals surface area contributed by atoms with E-state index in [-0.39, 0.29) is 30.3 Å². The summed E-state index contributed by atoms with van der Waals surface area (Å²) in [4.78, 5) is 24.7. The zero-order valence-corrected chi connectivity index (χ0v) is 16.1. The van der Waals surface area contributed by atoms with Crippen LogP contribution in [0.15, 0.2) is 24.3 Å². The molecule has 1 fully saturated rings. The molecule has 3 N–H and O–H groups in total. The van der Waals surface area contributed by atoms with Gasteiger partial charge in [0.25, 0.3) is 5.91 Å². The smallest absolute Gasteiger partial charge is 0.253 e. The number of benzene rings is 1. The number of carbonyl (C=O) groups excluding carboxylic acids is 2. The molecule has 2 rings (SSSR count). The predicted octanol–water partition coefficient (Wildman–Crippen LogP) is 3.21. The lowest BCUT2D eigenvalue weighted by Crippen LogP contribution is -2.34. The molecule has 1 saturated heterocycles. The first-order chi connectivity index (χ1) is 11.5. The first-order valence-electron chi connectivity index (χ1n) is 8.88. The summed E-state index contributed by atoms with van der Waals surface area (Å²) in [5.41, 5.74) is 1.08. The van der Waals surface area contributed by atoms with Crippen molar-refractivity contribution >= 4 is 29.9 Å². The van der Waals surface area contributed by atoms with Crippen LogP contribution in [0.3, 0.4) is 0 Å². The molecular formula is C19H30ClN3O2. The average molecular weight is 368 g/mol. The van der Waals surface area contributed by atoms with Crippen molar-refractivity contribution in [3.63, 3.8) is 0 Å². The molecule has 25 heavy (non-hydrogen) atoms. The number of anilines is 1. The lowest BCUT2D eigenvalue weighted by molar-refractivity contribution is -0.117. The third-order valence-corrected chi connectivity index (χ3v) is 4.51. The van der Waals surface area contributed by atoms with E-state index in [1.54, 1.807) is 18.2 Å². The third kappa shape index (κ3) is 6.67. The standard InChI is InChI=1S/C19H29N3O2.ClH/c1-13(2)21-19(24)16-8-4-5-9-17(16)22-18(23)11-14(3)15-7-6-10-20-12-15;/h4-5,8-9,13-15,20H,6-7,10-12H2,1-3H3,(H,21,24)(H,22,23);1H. The van der Waals surface area contributed by atoms with E-state index in [4.69, 9.17) is 0 Å². The number of hydrogen-bond donors (Lipinski definition) is 3. The summed E-state index contributed by atoms with van der Waals surface area (Å²) in [5, 5.41) is 9.18. The number of rotatable bonds is 6. The van der Waals surface area contributed by atoms with Gasteiger partial charge in [-0.05, 0) is 63.7 Å². The third-order valence-electron chi connectivity index (χ3n) is 4.51. The number of halogens is 1. The van der Waals surface area contributed by atoms with E-state index in [1.165, 1.54) is 12.8 Å². The van der Waals surface area contributed by atoms with E-state index in [0.717, 1.165) is 13.1 Å². The molecule has 0 radical (unpaired) electrons. The van der Waals surface area contributed by atoms with Crippen molar-refractivity contribution in [2.75, 3.05) is 18.4 Å². The van der Waals surface area contributed by atoms with Crippen LogP contribution in [0, 0.1) is 11.8 Å². The van der Waals surface area contributed by atoms with Crippen LogP contribution in [0.25, 0.3) is 0 Å². The fraction of sp³-hybridized carbons (Fsp3) is 0.579. The van der Waals surface area contributed by atoms with Crippen LogP contribution >= 0.6 is 12.4 Å². The van der Waals surface area contributed by atoms with E-state index < -0.39 is 0 Å². The van der Waals surface area contributed by atoms with E-state index in [0.29, 0.717) is 29.5 Å². The molecule has 2 atom stereocenters. The highest BCUT2D eigenvalue weighted by atomic mass is 35.5. The van der Waals surface area contributed by atoms with Gasteiger partial charge in [0.1, 0.15) is 0 Å². The Morgan fingerprint density at radius 3 is 2.60 bits per heavy atom.